The summed E-state index contributed by atoms with van der Waals surface area (Å²) in [6, 6.07) is 0. The third-order valence-corrected chi connectivity index (χ3v) is 4.26. The van der Waals surface area contributed by atoms with Crippen LogP contribution in [0.1, 0.15) is 65.7 Å². The van der Waals surface area contributed by atoms with E-state index in [0.717, 1.165) is 38.8 Å². The Morgan fingerprint density at radius 2 is 1.89 bits per heavy atom. The van der Waals surface area contributed by atoms with E-state index in [0.29, 0.717) is 5.92 Å². The first-order valence-electron chi connectivity index (χ1n) is 8.06. The largest absolute Gasteiger partial charge is 0.462 e. The van der Waals surface area contributed by atoms with E-state index in [4.69, 9.17) is 4.74 Å². The second kappa shape index (κ2) is 9.35. The van der Waals surface area contributed by atoms with E-state index in [1.54, 1.807) is 0 Å². The molecule has 112 valence electrons. The average molecular weight is 269 g/mol. The first kappa shape index (κ1) is 16.5. The minimum atomic E-state index is 0.00916. The van der Waals surface area contributed by atoms with Gasteiger partial charge in [-0.1, -0.05) is 27.2 Å². The van der Waals surface area contributed by atoms with E-state index in [-0.39, 0.29) is 18.0 Å². The third kappa shape index (κ3) is 6.42. The van der Waals surface area contributed by atoms with Crippen LogP contribution in [0.4, 0.5) is 0 Å². The molecule has 1 fully saturated rings. The fourth-order valence-electron chi connectivity index (χ4n) is 2.57. The SMILES string of the molecule is CCCNCCC(C)C(C)C(=O)OC1CCCCC1. The quantitative estimate of drug-likeness (QED) is 0.541. The van der Waals surface area contributed by atoms with E-state index in [1.807, 2.05) is 6.92 Å². The summed E-state index contributed by atoms with van der Waals surface area (Å²) < 4.78 is 5.64. The Kier molecular flexibility index (Phi) is 8.11. The van der Waals surface area contributed by atoms with Gasteiger partial charge in [-0.15, -0.1) is 0 Å². The second-order valence-electron chi connectivity index (χ2n) is 6.00. The summed E-state index contributed by atoms with van der Waals surface area (Å²) in [5.74, 6) is 0.417. The van der Waals surface area contributed by atoms with Crippen molar-refractivity contribution in [3.05, 3.63) is 0 Å². The summed E-state index contributed by atoms with van der Waals surface area (Å²) in [6.45, 7) is 8.39. The molecule has 0 radical (unpaired) electrons. The minimum Gasteiger partial charge on any atom is -0.462 e. The van der Waals surface area contributed by atoms with Crippen LogP contribution in [0.25, 0.3) is 0 Å². The van der Waals surface area contributed by atoms with Crippen molar-refractivity contribution in [1.82, 2.24) is 5.32 Å². The van der Waals surface area contributed by atoms with Gasteiger partial charge in [-0.2, -0.15) is 0 Å². The number of hydrogen-bond acceptors (Lipinski definition) is 3. The van der Waals surface area contributed by atoms with Gasteiger partial charge in [0, 0.05) is 0 Å². The van der Waals surface area contributed by atoms with Crippen molar-refractivity contribution >= 4 is 5.97 Å². The minimum absolute atomic E-state index is 0.00916. The van der Waals surface area contributed by atoms with Gasteiger partial charge in [0.1, 0.15) is 6.10 Å². The van der Waals surface area contributed by atoms with Gasteiger partial charge in [0.05, 0.1) is 5.92 Å². The molecule has 2 atom stereocenters. The zero-order valence-electron chi connectivity index (χ0n) is 12.9. The van der Waals surface area contributed by atoms with Gasteiger partial charge >= 0.3 is 5.97 Å². The van der Waals surface area contributed by atoms with Crippen LogP contribution in [0.2, 0.25) is 0 Å². The molecule has 1 N–H and O–H groups in total. The van der Waals surface area contributed by atoms with Crippen molar-refractivity contribution in [1.29, 1.82) is 0 Å². The molecule has 3 heteroatoms. The summed E-state index contributed by atoms with van der Waals surface area (Å²) in [4.78, 5) is 12.1. The summed E-state index contributed by atoms with van der Waals surface area (Å²) >= 11 is 0. The Labute approximate surface area is 118 Å². The van der Waals surface area contributed by atoms with Crippen LogP contribution in [0.5, 0.6) is 0 Å². The van der Waals surface area contributed by atoms with E-state index in [2.05, 4.69) is 19.2 Å². The van der Waals surface area contributed by atoms with Crippen LogP contribution in [0, 0.1) is 11.8 Å². The molecule has 1 rings (SSSR count). The number of rotatable bonds is 8. The fourth-order valence-corrected chi connectivity index (χ4v) is 2.57. The van der Waals surface area contributed by atoms with Gasteiger partial charge < -0.3 is 10.1 Å². The smallest absolute Gasteiger partial charge is 0.309 e. The van der Waals surface area contributed by atoms with Crippen molar-refractivity contribution in [2.75, 3.05) is 13.1 Å². The molecule has 1 aliphatic carbocycles. The lowest BCUT2D eigenvalue weighted by atomic mass is 9.92. The van der Waals surface area contributed by atoms with E-state index >= 15 is 0 Å². The summed E-state index contributed by atoms with van der Waals surface area (Å²) in [5.41, 5.74) is 0. The lowest BCUT2D eigenvalue weighted by Crippen LogP contribution is -2.29. The molecule has 2 unspecified atom stereocenters. The maximum absolute atomic E-state index is 12.1. The van der Waals surface area contributed by atoms with Gasteiger partial charge in [0.25, 0.3) is 0 Å². The van der Waals surface area contributed by atoms with Gasteiger partial charge in [0.2, 0.25) is 0 Å². The molecule has 0 heterocycles. The molecular weight excluding hydrogens is 238 g/mol. The Morgan fingerprint density at radius 3 is 2.53 bits per heavy atom. The van der Waals surface area contributed by atoms with Crippen molar-refractivity contribution < 1.29 is 9.53 Å². The molecule has 0 saturated heterocycles. The topological polar surface area (TPSA) is 38.3 Å². The maximum Gasteiger partial charge on any atom is 0.309 e. The maximum atomic E-state index is 12.1. The monoisotopic (exact) mass is 269 g/mol. The lowest BCUT2D eigenvalue weighted by Gasteiger charge is -2.25. The van der Waals surface area contributed by atoms with Gasteiger partial charge in [0.15, 0.2) is 0 Å². The van der Waals surface area contributed by atoms with Crippen LogP contribution in [-0.4, -0.2) is 25.2 Å². The van der Waals surface area contributed by atoms with Gasteiger partial charge in [-0.05, 0) is 57.5 Å². The third-order valence-electron chi connectivity index (χ3n) is 4.26. The van der Waals surface area contributed by atoms with E-state index < -0.39 is 0 Å². The predicted molar refractivity (Wildman–Crippen MR) is 79.1 cm³/mol. The highest BCUT2D eigenvalue weighted by atomic mass is 16.5. The summed E-state index contributed by atoms with van der Waals surface area (Å²) in [6.07, 6.45) is 8.23. The van der Waals surface area contributed by atoms with E-state index in [9.17, 15) is 4.79 Å². The zero-order chi connectivity index (χ0) is 14.1. The zero-order valence-corrected chi connectivity index (χ0v) is 12.9. The van der Waals surface area contributed by atoms with Crippen LogP contribution in [0.3, 0.4) is 0 Å². The number of nitrogens with one attached hydrogen (secondary N) is 1. The molecular formula is C16H31NO2. The highest BCUT2D eigenvalue weighted by Gasteiger charge is 2.25. The molecule has 0 aromatic carbocycles. The van der Waals surface area contributed by atoms with Gasteiger partial charge in [-0.3, -0.25) is 4.79 Å². The highest BCUT2D eigenvalue weighted by molar-refractivity contribution is 5.72. The van der Waals surface area contributed by atoms with Crippen molar-refractivity contribution in [3.63, 3.8) is 0 Å². The van der Waals surface area contributed by atoms with Crippen molar-refractivity contribution in [2.24, 2.45) is 11.8 Å². The highest BCUT2D eigenvalue weighted by Crippen LogP contribution is 2.23. The average Bonchev–Trinajstić information content (AvgIpc) is 2.43. The molecule has 0 bridgehead atoms. The first-order chi connectivity index (χ1) is 9.15. The number of ether oxygens (including phenoxy) is 1. The molecule has 0 aromatic heterocycles. The molecule has 19 heavy (non-hydrogen) atoms. The summed E-state index contributed by atoms with van der Waals surface area (Å²) in [5, 5.41) is 3.39. The Bertz CT molecular complexity index is 249. The van der Waals surface area contributed by atoms with Crippen LogP contribution < -0.4 is 5.32 Å². The van der Waals surface area contributed by atoms with Crippen LogP contribution in [-0.2, 0) is 9.53 Å². The lowest BCUT2D eigenvalue weighted by molar-refractivity contribution is -0.156. The number of esters is 1. The second-order valence-corrected chi connectivity index (χ2v) is 6.00. The Balaban J connectivity index is 2.21. The number of carbonyl (C=O) groups excluding carboxylic acids is 1. The van der Waals surface area contributed by atoms with E-state index in [1.165, 1.54) is 19.3 Å². The molecule has 0 spiro atoms. The standard InChI is InChI=1S/C16H31NO2/c1-4-11-17-12-10-13(2)14(3)16(18)19-15-8-6-5-7-9-15/h13-15,17H,4-12H2,1-3H3. The molecule has 0 amide bonds. The van der Waals surface area contributed by atoms with Crippen LogP contribution >= 0.6 is 0 Å². The fraction of sp³-hybridized carbons (Fsp3) is 0.938. The molecule has 1 saturated carbocycles. The van der Waals surface area contributed by atoms with Crippen LogP contribution in [0.15, 0.2) is 0 Å². The van der Waals surface area contributed by atoms with Crippen molar-refractivity contribution in [2.45, 2.75) is 71.8 Å². The van der Waals surface area contributed by atoms with Crippen molar-refractivity contribution in [3.8, 4) is 0 Å². The molecule has 0 aliphatic heterocycles. The molecule has 3 nitrogen and oxygen atoms in total. The Morgan fingerprint density at radius 1 is 1.21 bits per heavy atom. The normalized spacial score (nSPS) is 19.9. The Hall–Kier alpha value is -0.570. The predicted octanol–water partition coefficient (Wildman–Crippen LogP) is 3.52. The first-order valence-corrected chi connectivity index (χ1v) is 8.06. The van der Waals surface area contributed by atoms with Gasteiger partial charge in [-0.25, -0.2) is 0 Å². The number of hydrogen-bond donors (Lipinski definition) is 1. The molecule has 0 aromatic rings. The number of carbonyl (C=O) groups is 1. The summed E-state index contributed by atoms with van der Waals surface area (Å²) in [7, 11) is 0. The molecule has 1 aliphatic rings.